The van der Waals surface area contributed by atoms with Crippen LogP contribution in [0, 0.1) is 6.92 Å². The number of carboxylic acids is 1. The highest BCUT2D eigenvalue weighted by Crippen LogP contribution is 2.28. The fourth-order valence-corrected chi connectivity index (χ4v) is 2.60. The number of fused-ring (bicyclic) bond motifs is 1. The summed E-state index contributed by atoms with van der Waals surface area (Å²) in [6, 6.07) is 11.5. The van der Waals surface area contributed by atoms with Crippen LogP contribution < -0.4 is 19.6 Å². The molecule has 0 fully saturated rings. The van der Waals surface area contributed by atoms with E-state index in [0.717, 1.165) is 0 Å². The van der Waals surface area contributed by atoms with E-state index in [4.69, 9.17) is 23.7 Å². The largest absolute Gasteiger partial charge is 0.494 e. The summed E-state index contributed by atoms with van der Waals surface area (Å²) in [5.74, 6) is 0.787. The van der Waals surface area contributed by atoms with Crippen molar-refractivity contribution in [3.05, 3.63) is 58.4 Å². The van der Waals surface area contributed by atoms with E-state index in [9.17, 15) is 9.59 Å². The minimum Gasteiger partial charge on any atom is -0.494 e. The van der Waals surface area contributed by atoms with E-state index >= 15 is 0 Å². The molecule has 0 aliphatic heterocycles. The summed E-state index contributed by atoms with van der Waals surface area (Å²) in [5, 5.41) is 9.25. The number of benzene rings is 2. The van der Waals surface area contributed by atoms with Gasteiger partial charge in [-0.05, 0) is 57.2 Å². The molecule has 0 aliphatic rings. The first kappa shape index (κ1) is 19.3. The van der Waals surface area contributed by atoms with Crippen LogP contribution in [0.4, 0.5) is 0 Å². The Balaban J connectivity index is 1.92. The van der Waals surface area contributed by atoms with Gasteiger partial charge in [0.2, 0.25) is 11.2 Å². The van der Waals surface area contributed by atoms with Gasteiger partial charge in [-0.15, -0.1) is 0 Å². The lowest BCUT2D eigenvalue weighted by atomic mass is 10.2. The molecule has 3 aromatic rings. The van der Waals surface area contributed by atoms with Gasteiger partial charge in [0.25, 0.3) is 0 Å². The number of aliphatic carboxylic acids is 1. The van der Waals surface area contributed by atoms with Gasteiger partial charge in [0.05, 0.1) is 12.0 Å². The van der Waals surface area contributed by atoms with Gasteiger partial charge >= 0.3 is 5.97 Å². The standard InChI is InChI=1S/C21H20O7/c1-4-25-14-5-7-15(8-6-14)28-20-12(2)27-18-11-16(26-13(3)21(23)24)9-10-17(18)19(20)22/h5-11,13H,4H2,1-3H3,(H,23,24)/t13-/m1/s1. The molecule has 28 heavy (non-hydrogen) atoms. The van der Waals surface area contributed by atoms with E-state index in [1.165, 1.54) is 25.1 Å². The summed E-state index contributed by atoms with van der Waals surface area (Å²) in [4.78, 5) is 23.7. The smallest absolute Gasteiger partial charge is 0.344 e. The monoisotopic (exact) mass is 384 g/mol. The first-order valence-electron chi connectivity index (χ1n) is 8.76. The molecule has 2 aromatic carbocycles. The molecule has 0 amide bonds. The van der Waals surface area contributed by atoms with Crippen LogP contribution in [0.15, 0.2) is 51.7 Å². The maximum Gasteiger partial charge on any atom is 0.344 e. The van der Waals surface area contributed by atoms with E-state index in [0.29, 0.717) is 35.0 Å². The molecule has 146 valence electrons. The number of carbonyl (C=O) groups is 1. The third-order valence-corrected chi connectivity index (χ3v) is 4.00. The van der Waals surface area contributed by atoms with Gasteiger partial charge in [0, 0.05) is 6.07 Å². The predicted octanol–water partition coefficient (Wildman–Crippen LogP) is 4.14. The number of hydrogen-bond acceptors (Lipinski definition) is 6. The van der Waals surface area contributed by atoms with Crippen molar-refractivity contribution in [2.75, 3.05) is 6.61 Å². The van der Waals surface area contributed by atoms with E-state index in [2.05, 4.69) is 0 Å². The van der Waals surface area contributed by atoms with Gasteiger partial charge in [-0.25, -0.2) is 4.79 Å². The van der Waals surface area contributed by atoms with Gasteiger partial charge in [-0.3, -0.25) is 4.79 Å². The van der Waals surface area contributed by atoms with E-state index in [1.807, 2.05) is 6.92 Å². The lowest BCUT2D eigenvalue weighted by Gasteiger charge is -2.12. The summed E-state index contributed by atoms with van der Waals surface area (Å²) in [5.41, 5.74) is -0.0397. The first-order chi connectivity index (χ1) is 13.4. The Labute approximate surface area is 161 Å². The number of rotatable bonds is 7. The molecule has 1 heterocycles. The molecule has 0 bridgehead atoms. The number of aryl methyl sites for hydroxylation is 1. The lowest BCUT2D eigenvalue weighted by molar-refractivity contribution is -0.144. The van der Waals surface area contributed by atoms with Gasteiger partial charge in [-0.2, -0.15) is 0 Å². The van der Waals surface area contributed by atoms with Gasteiger partial charge in [0.1, 0.15) is 28.6 Å². The highest BCUT2D eigenvalue weighted by Gasteiger charge is 2.17. The van der Waals surface area contributed by atoms with Crippen LogP contribution in [0.2, 0.25) is 0 Å². The van der Waals surface area contributed by atoms with Crippen molar-refractivity contribution in [1.82, 2.24) is 0 Å². The van der Waals surface area contributed by atoms with Gasteiger partial charge in [0.15, 0.2) is 6.10 Å². The van der Waals surface area contributed by atoms with Crippen LogP contribution in [0.3, 0.4) is 0 Å². The Morgan fingerprint density at radius 3 is 2.39 bits per heavy atom. The second kappa shape index (κ2) is 8.04. The molecule has 1 N–H and O–H groups in total. The van der Waals surface area contributed by atoms with Gasteiger partial charge < -0.3 is 23.7 Å². The average molecular weight is 384 g/mol. The lowest BCUT2D eigenvalue weighted by Crippen LogP contribution is -2.22. The molecule has 0 spiro atoms. The first-order valence-corrected chi connectivity index (χ1v) is 8.76. The summed E-state index contributed by atoms with van der Waals surface area (Å²) in [7, 11) is 0. The second-order valence-electron chi connectivity index (χ2n) is 6.08. The quantitative estimate of drug-likeness (QED) is 0.654. The van der Waals surface area contributed by atoms with Crippen molar-refractivity contribution in [1.29, 1.82) is 0 Å². The van der Waals surface area contributed by atoms with Crippen molar-refractivity contribution < 1.29 is 28.5 Å². The molecule has 1 atom stereocenters. The molecule has 1 aromatic heterocycles. The molecule has 0 radical (unpaired) electrons. The van der Waals surface area contributed by atoms with Crippen LogP contribution >= 0.6 is 0 Å². The van der Waals surface area contributed by atoms with Crippen molar-refractivity contribution in [2.45, 2.75) is 26.9 Å². The normalized spacial score (nSPS) is 11.8. The fraction of sp³-hybridized carbons (Fsp3) is 0.238. The third kappa shape index (κ3) is 4.09. The van der Waals surface area contributed by atoms with Gasteiger partial charge in [-0.1, -0.05) is 0 Å². The fourth-order valence-electron chi connectivity index (χ4n) is 2.60. The van der Waals surface area contributed by atoms with E-state index in [1.54, 1.807) is 31.2 Å². The molecule has 0 unspecified atom stereocenters. The van der Waals surface area contributed by atoms with Crippen molar-refractivity contribution in [2.24, 2.45) is 0 Å². The summed E-state index contributed by atoms with van der Waals surface area (Å²) >= 11 is 0. The van der Waals surface area contributed by atoms with Crippen molar-refractivity contribution in [3.8, 4) is 23.0 Å². The minimum atomic E-state index is -1.09. The average Bonchev–Trinajstić information content (AvgIpc) is 2.66. The molecule has 0 saturated carbocycles. The molecule has 3 rings (SSSR count). The van der Waals surface area contributed by atoms with E-state index in [-0.39, 0.29) is 16.8 Å². The van der Waals surface area contributed by atoms with Crippen LogP contribution in [0.25, 0.3) is 11.0 Å². The predicted molar refractivity (Wildman–Crippen MR) is 103 cm³/mol. The highest BCUT2D eigenvalue weighted by atomic mass is 16.5. The molecule has 0 aliphatic carbocycles. The number of ether oxygens (including phenoxy) is 3. The van der Waals surface area contributed by atoms with Crippen LogP contribution in [-0.4, -0.2) is 23.8 Å². The zero-order valence-corrected chi connectivity index (χ0v) is 15.7. The zero-order valence-electron chi connectivity index (χ0n) is 15.7. The Hall–Kier alpha value is -3.48. The highest BCUT2D eigenvalue weighted by molar-refractivity contribution is 5.80. The Kier molecular flexibility index (Phi) is 5.54. The van der Waals surface area contributed by atoms with E-state index < -0.39 is 12.1 Å². The topological polar surface area (TPSA) is 95.2 Å². The third-order valence-electron chi connectivity index (χ3n) is 4.00. The summed E-state index contributed by atoms with van der Waals surface area (Å²) in [6.45, 7) is 5.50. The SMILES string of the molecule is CCOc1ccc(Oc2c(C)oc3cc(O[C@H](C)C(=O)O)ccc3c2=O)cc1. The Bertz CT molecular complexity index is 1050. The molecular weight excluding hydrogens is 364 g/mol. The molecule has 0 saturated heterocycles. The zero-order chi connectivity index (χ0) is 20.3. The summed E-state index contributed by atoms with van der Waals surface area (Å²) < 4.78 is 22.2. The van der Waals surface area contributed by atoms with Crippen LogP contribution in [0.5, 0.6) is 23.0 Å². The molecule has 7 nitrogen and oxygen atoms in total. The second-order valence-corrected chi connectivity index (χ2v) is 6.08. The minimum absolute atomic E-state index is 0.0873. The van der Waals surface area contributed by atoms with Crippen LogP contribution in [0.1, 0.15) is 19.6 Å². The molecular formula is C21H20O7. The maximum atomic E-state index is 12.8. The van der Waals surface area contributed by atoms with Crippen molar-refractivity contribution >= 4 is 16.9 Å². The Morgan fingerprint density at radius 2 is 1.75 bits per heavy atom. The Morgan fingerprint density at radius 1 is 1.11 bits per heavy atom. The van der Waals surface area contributed by atoms with Crippen LogP contribution in [-0.2, 0) is 4.79 Å². The van der Waals surface area contributed by atoms with Crippen molar-refractivity contribution in [3.63, 3.8) is 0 Å². The maximum absolute atomic E-state index is 12.8. The summed E-state index contributed by atoms with van der Waals surface area (Å²) in [6.07, 6.45) is -1.02. The number of hydrogen-bond donors (Lipinski definition) is 1. The number of carboxylic acid groups (broad SMARTS) is 1. The molecule has 7 heteroatoms.